The fraction of sp³-hybridized carbons (Fsp3) is 0.229. The zero-order valence-electron chi connectivity index (χ0n) is 25.7. The van der Waals surface area contributed by atoms with Crippen LogP contribution in [-0.4, -0.2) is 46.4 Å². The summed E-state index contributed by atoms with van der Waals surface area (Å²) < 4.78 is 5.66. The number of aryl methyl sites for hydroxylation is 1. The van der Waals surface area contributed by atoms with Crippen molar-refractivity contribution in [1.29, 1.82) is 5.41 Å². The Morgan fingerprint density at radius 3 is 2.22 bits per heavy atom. The molecule has 0 radical (unpaired) electrons. The number of ether oxygens (including phenoxy) is 1. The van der Waals surface area contributed by atoms with E-state index in [1.807, 2.05) is 44.2 Å². The molecule has 0 aliphatic carbocycles. The maximum absolute atomic E-state index is 13.6. The summed E-state index contributed by atoms with van der Waals surface area (Å²) in [5.41, 5.74) is 8.40. The fourth-order valence-corrected chi connectivity index (χ4v) is 4.37. The molecule has 1 unspecified atom stereocenters. The number of amidine groups is 1. The van der Waals surface area contributed by atoms with E-state index >= 15 is 0 Å². The lowest BCUT2D eigenvalue weighted by Crippen LogP contribution is -2.44. The summed E-state index contributed by atoms with van der Waals surface area (Å²) in [5.74, 6) is -1.72. The molecule has 232 valence electrons. The van der Waals surface area contributed by atoms with Crippen LogP contribution < -0.4 is 16.4 Å². The van der Waals surface area contributed by atoms with Crippen LogP contribution in [0.25, 0.3) is 11.1 Å². The Kier molecular flexibility index (Phi) is 10.1. The monoisotopic (exact) mass is 607 g/mol. The maximum Gasteiger partial charge on any atom is 0.339 e. The molecule has 45 heavy (non-hydrogen) atoms. The van der Waals surface area contributed by atoms with Crippen molar-refractivity contribution in [2.24, 2.45) is 11.1 Å². The van der Waals surface area contributed by atoms with Crippen LogP contribution in [0.4, 0.5) is 5.69 Å². The number of aliphatic hydroxyl groups excluding tert-OH is 1. The van der Waals surface area contributed by atoms with E-state index in [4.69, 9.17) is 15.9 Å². The largest absolute Gasteiger partial charge is 0.457 e. The van der Waals surface area contributed by atoms with E-state index in [1.165, 1.54) is 6.07 Å². The van der Waals surface area contributed by atoms with Crippen LogP contribution in [0, 0.1) is 17.7 Å². The first-order valence-corrected chi connectivity index (χ1v) is 14.4. The van der Waals surface area contributed by atoms with Gasteiger partial charge in [0.05, 0.1) is 12.2 Å². The summed E-state index contributed by atoms with van der Waals surface area (Å²) in [6, 6.07) is 23.4. The Hall–Kier alpha value is -5.35. The van der Waals surface area contributed by atoms with Gasteiger partial charge < -0.3 is 26.2 Å². The lowest BCUT2D eigenvalue weighted by Gasteiger charge is -2.30. The number of esters is 1. The average molecular weight is 608 g/mol. The van der Waals surface area contributed by atoms with Crippen molar-refractivity contribution in [3.05, 3.63) is 119 Å². The first-order chi connectivity index (χ1) is 21.4. The highest BCUT2D eigenvalue weighted by atomic mass is 16.5. The minimum Gasteiger partial charge on any atom is -0.457 e. The molecule has 4 aromatic rings. The lowest BCUT2D eigenvalue weighted by molar-refractivity contribution is 0.0473. The van der Waals surface area contributed by atoms with E-state index in [2.05, 4.69) is 15.6 Å². The molecule has 0 aliphatic rings. The number of anilines is 1. The highest BCUT2D eigenvalue weighted by Crippen LogP contribution is 2.30. The Morgan fingerprint density at radius 1 is 0.933 bits per heavy atom. The minimum atomic E-state index is -0.681. The summed E-state index contributed by atoms with van der Waals surface area (Å²) in [7, 11) is 0. The molecule has 0 saturated heterocycles. The third kappa shape index (κ3) is 7.98. The summed E-state index contributed by atoms with van der Waals surface area (Å²) >= 11 is 0. The van der Waals surface area contributed by atoms with Gasteiger partial charge in [0.25, 0.3) is 11.8 Å². The van der Waals surface area contributed by atoms with Gasteiger partial charge in [-0.2, -0.15) is 0 Å². The molecule has 4 rings (SSSR count). The number of aromatic nitrogens is 1. The van der Waals surface area contributed by atoms with Gasteiger partial charge >= 0.3 is 5.97 Å². The van der Waals surface area contributed by atoms with Gasteiger partial charge in [-0.15, -0.1) is 0 Å². The van der Waals surface area contributed by atoms with Gasteiger partial charge in [0.15, 0.2) is 0 Å². The number of carbonyl (C=O) groups excluding carboxylic acids is 3. The number of hydrogen-bond acceptors (Lipinski definition) is 7. The van der Waals surface area contributed by atoms with Crippen molar-refractivity contribution in [3.63, 3.8) is 0 Å². The van der Waals surface area contributed by atoms with Gasteiger partial charge in [-0.1, -0.05) is 56.3 Å². The first-order valence-electron chi connectivity index (χ1n) is 14.4. The molecule has 1 aromatic heterocycles. The number of carbonyl (C=O) groups is 3. The quantitative estimate of drug-likeness (QED) is 0.0899. The van der Waals surface area contributed by atoms with E-state index < -0.39 is 23.2 Å². The van der Waals surface area contributed by atoms with Gasteiger partial charge in [0, 0.05) is 39.5 Å². The van der Waals surface area contributed by atoms with E-state index in [-0.39, 0.29) is 41.9 Å². The van der Waals surface area contributed by atoms with Crippen LogP contribution in [-0.2, 0) is 11.3 Å². The number of amides is 2. The Balaban J connectivity index is 1.73. The highest BCUT2D eigenvalue weighted by molar-refractivity contribution is 6.10. The lowest BCUT2D eigenvalue weighted by atomic mass is 9.86. The van der Waals surface area contributed by atoms with Gasteiger partial charge in [0.2, 0.25) is 0 Å². The number of nitrogen functional groups attached to an aromatic ring is 1. The van der Waals surface area contributed by atoms with Crippen molar-refractivity contribution < 1.29 is 24.2 Å². The molecule has 0 aliphatic heterocycles. The van der Waals surface area contributed by atoms with Crippen molar-refractivity contribution in [2.75, 3.05) is 11.9 Å². The Labute approximate surface area is 262 Å². The van der Waals surface area contributed by atoms with Crippen LogP contribution in [0.15, 0.2) is 84.9 Å². The first kappa shape index (κ1) is 32.6. The number of benzene rings is 3. The zero-order valence-corrected chi connectivity index (χ0v) is 25.7. The number of nitrogens with one attached hydrogen (secondary N) is 3. The molecule has 2 amide bonds. The molecule has 1 heterocycles. The standard InChI is InChI=1S/C35H37N5O5/c1-21-10-16-28(30(38-21)33(43)40-26-14-11-24(12-15-26)31(36)37)27-17-13-25(32(42)39-22(2)35(3,4)20-41)18-29(27)34(44)45-19-23-8-6-5-7-9-23/h5-18,22,41H,19-20H2,1-4H3,(H3,36,37)(H,39,42)(H,40,43). The number of hydrogen-bond donors (Lipinski definition) is 5. The van der Waals surface area contributed by atoms with Crippen LogP contribution >= 0.6 is 0 Å². The van der Waals surface area contributed by atoms with Crippen LogP contribution in [0.1, 0.15) is 68.8 Å². The second kappa shape index (κ2) is 14.0. The number of nitrogens with two attached hydrogens (primary N) is 1. The Bertz CT molecular complexity index is 1720. The van der Waals surface area contributed by atoms with Crippen LogP contribution in [0.3, 0.4) is 0 Å². The van der Waals surface area contributed by atoms with E-state index in [1.54, 1.807) is 62.4 Å². The van der Waals surface area contributed by atoms with Crippen LogP contribution in [0.2, 0.25) is 0 Å². The number of rotatable bonds is 11. The molecule has 3 aromatic carbocycles. The van der Waals surface area contributed by atoms with E-state index in [0.717, 1.165) is 5.56 Å². The topological polar surface area (TPSA) is 167 Å². The molecule has 0 bridgehead atoms. The second-order valence-electron chi connectivity index (χ2n) is 11.5. The molecule has 0 saturated carbocycles. The molecular formula is C35H37N5O5. The molecule has 0 spiro atoms. The van der Waals surface area contributed by atoms with Crippen molar-refractivity contribution >= 4 is 29.3 Å². The van der Waals surface area contributed by atoms with Crippen LogP contribution in [0.5, 0.6) is 0 Å². The summed E-state index contributed by atoms with van der Waals surface area (Å²) in [4.78, 5) is 44.9. The van der Waals surface area contributed by atoms with E-state index in [0.29, 0.717) is 28.1 Å². The second-order valence-corrected chi connectivity index (χ2v) is 11.5. The normalized spacial score (nSPS) is 11.8. The zero-order chi connectivity index (χ0) is 32.7. The molecule has 10 heteroatoms. The SMILES string of the molecule is Cc1ccc(-c2ccc(C(=O)NC(C)C(C)(C)CO)cc2C(=O)OCc2ccccc2)c(C(=O)Nc2ccc(C(=N)N)cc2)n1. The summed E-state index contributed by atoms with van der Waals surface area (Å²) in [5, 5.41) is 23.0. The number of nitrogens with zero attached hydrogens (tertiary/aromatic N) is 1. The smallest absolute Gasteiger partial charge is 0.339 e. The van der Waals surface area contributed by atoms with E-state index in [9.17, 15) is 19.5 Å². The predicted molar refractivity (Wildman–Crippen MR) is 173 cm³/mol. The van der Waals surface area contributed by atoms with Gasteiger partial charge in [-0.3, -0.25) is 15.0 Å². The third-order valence-electron chi connectivity index (χ3n) is 7.64. The fourth-order valence-electron chi connectivity index (χ4n) is 4.37. The maximum atomic E-state index is 13.6. The predicted octanol–water partition coefficient (Wildman–Crippen LogP) is 5.09. The molecule has 0 fully saturated rings. The number of aliphatic hydroxyl groups is 1. The number of pyridine rings is 1. The van der Waals surface area contributed by atoms with Gasteiger partial charge in [0.1, 0.15) is 18.1 Å². The summed E-state index contributed by atoms with van der Waals surface area (Å²) in [6.45, 7) is 7.10. The highest BCUT2D eigenvalue weighted by Gasteiger charge is 2.28. The summed E-state index contributed by atoms with van der Waals surface area (Å²) in [6.07, 6.45) is 0. The minimum absolute atomic E-state index is 0.00695. The molecule has 10 nitrogen and oxygen atoms in total. The van der Waals surface area contributed by atoms with Gasteiger partial charge in [-0.25, -0.2) is 9.78 Å². The average Bonchev–Trinajstić information content (AvgIpc) is 3.04. The molecule has 6 N–H and O–H groups in total. The van der Waals surface area contributed by atoms with Crippen molar-refractivity contribution in [2.45, 2.75) is 40.3 Å². The molecule has 1 atom stereocenters. The van der Waals surface area contributed by atoms with Gasteiger partial charge in [-0.05, 0) is 67.4 Å². The van der Waals surface area contributed by atoms with Crippen molar-refractivity contribution in [1.82, 2.24) is 10.3 Å². The Morgan fingerprint density at radius 2 is 1.58 bits per heavy atom. The van der Waals surface area contributed by atoms with Crippen molar-refractivity contribution in [3.8, 4) is 11.1 Å². The third-order valence-corrected chi connectivity index (χ3v) is 7.64. The molecular weight excluding hydrogens is 570 g/mol.